The van der Waals surface area contributed by atoms with Gasteiger partial charge in [0.2, 0.25) is 5.91 Å². The zero-order chi connectivity index (χ0) is 18.1. The maximum absolute atomic E-state index is 12.9. The molecular weight excluding hydrogens is 352 g/mol. The number of fused-ring (bicyclic) bond motifs is 1. The molecule has 0 spiro atoms. The summed E-state index contributed by atoms with van der Waals surface area (Å²) < 4.78 is 7.88. The normalized spacial score (nSPS) is 18.8. The lowest BCUT2D eigenvalue weighted by atomic mass is 10.2. The Labute approximate surface area is 155 Å². The third kappa shape index (κ3) is 3.29. The summed E-state index contributed by atoms with van der Waals surface area (Å²) in [6.45, 7) is 0.202. The molecule has 1 fully saturated rings. The van der Waals surface area contributed by atoms with Gasteiger partial charge in [-0.05, 0) is 25.0 Å². The fraction of sp³-hybridized carbons (Fsp3) is 0.389. The number of para-hydroxylation sites is 2. The highest BCUT2D eigenvalue weighted by Gasteiger charge is 2.33. The molecule has 1 atom stereocenters. The molecule has 2 aromatic rings. The SMILES string of the molecule is CNC(=O)[C@H]1CN(C(=O)CSc2nccn2C2CC2)c2ccccc2O1. The highest BCUT2D eigenvalue weighted by atomic mass is 32.2. The van der Waals surface area contributed by atoms with Crippen LogP contribution in [0.3, 0.4) is 0 Å². The van der Waals surface area contributed by atoms with Crippen LogP contribution in [0.2, 0.25) is 0 Å². The first-order valence-corrected chi connectivity index (χ1v) is 9.59. The smallest absolute Gasteiger partial charge is 0.262 e. The first kappa shape index (κ1) is 17.0. The predicted octanol–water partition coefficient (Wildman–Crippen LogP) is 1.85. The number of carbonyl (C=O) groups is 2. The number of anilines is 1. The van der Waals surface area contributed by atoms with Crippen LogP contribution >= 0.6 is 11.8 Å². The molecule has 2 aliphatic rings. The van der Waals surface area contributed by atoms with Gasteiger partial charge in [-0.15, -0.1) is 0 Å². The van der Waals surface area contributed by atoms with E-state index >= 15 is 0 Å². The number of imidazole rings is 1. The average Bonchev–Trinajstić information content (AvgIpc) is 3.42. The third-order valence-electron chi connectivity index (χ3n) is 4.51. The van der Waals surface area contributed by atoms with E-state index in [0.29, 0.717) is 17.5 Å². The Morgan fingerprint density at radius 1 is 1.35 bits per heavy atom. The molecular formula is C18H20N4O3S. The summed E-state index contributed by atoms with van der Waals surface area (Å²) in [7, 11) is 1.56. The molecule has 8 heteroatoms. The van der Waals surface area contributed by atoms with Crippen LogP contribution in [0, 0.1) is 0 Å². The second-order valence-electron chi connectivity index (χ2n) is 6.33. The van der Waals surface area contributed by atoms with Crippen LogP contribution in [-0.2, 0) is 9.59 Å². The Hall–Kier alpha value is -2.48. The van der Waals surface area contributed by atoms with Crippen molar-refractivity contribution in [2.24, 2.45) is 0 Å². The molecule has 1 saturated carbocycles. The molecule has 0 radical (unpaired) electrons. The lowest BCUT2D eigenvalue weighted by Gasteiger charge is -2.34. The van der Waals surface area contributed by atoms with Gasteiger partial charge in [0, 0.05) is 25.5 Å². The zero-order valence-electron chi connectivity index (χ0n) is 14.4. The van der Waals surface area contributed by atoms with E-state index < -0.39 is 6.10 Å². The number of thioether (sulfide) groups is 1. The van der Waals surface area contributed by atoms with E-state index in [-0.39, 0.29) is 24.1 Å². The van der Waals surface area contributed by atoms with Crippen molar-refractivity contribution in [3.8, 4) is 5.75 Å². The largest absolute Gasteiger partial charge is 0.477 e. The number of carbonyl (C=O) groups excluding carboxylic acids is 2. The fourth-order valence-electron chi connectivity index (χ4n) is 3.01. The van der Waals surface area contributed by atoms with Crippen molar-refractivity contribution in [1.82, 2.24) is 14.9 Å². The summed E-state index contributed by atoms with van der Waals surface area (Å²) in [5, 5.41) is 3.45. The Bertz CT molecular complexity index is 833. The van der Waals surface area contributed by atoms with Crippen molar-refractivity contribution in [2.75, 3.05) is 24.2 Å². The molecule has 1 aromatic heterocycles. The Morgan fingerprint density at radius 3 is 2.92 bits per heavy atom. The maximum Gasteiger partial charge on any atom is 0.262 e. The maximum atomic E-state index is 12.9. The highest BCUT2D eigenvalue weighted by Crippen LogP contribution is 2.38. The monoisotopic (exact) mass is 372 g/mol. The average molecular weight is 372 g/mol. The third-order valence-corrected chi connectivity index (χ3v) is 5.48. The Kier molecular flexibility index (Phi) is 4.58. The second-order valence-corrected chi connectivity index (χ2v) is 7.27. The Balaban J connectivity index is 1.50. The van der Waals surface area contributed by atoms with Gasteiger partial charge in [-0.25, -0.2) is 4.98 Å². The van der Waals surface area contributed by atoms with Crippen LogP contribution in [0.15, 0.2) is 41.8 Å². The van der Waals surface area contributed by atoms with E-state index in [1.807, 2.05) is 24.4 Å². The van der Waals surface area contributed by atoms with E-state index in [4.69, 9.17) is 4.74 Å². The van der Waals surface area contributed by atoms with E-state index in [0.717, 1.165) is 5.16 Å². The number of likely N-dealkylation sites (N-methyl/N-ethyl adjacent to an activating group) is 1. The molecule has 2 amide bonds. The van der Waals surface area contributed by atoms with E-state index in [1.54, 1.807) is 24.2 Å². The van der Waals surface area contributed by atoms with Gasteiger partial charge in [-0.3, -0.25) is 9.59 Å². The van der Waals surface area contributed by atoms with Crippen LogP contribution in [-0.4, -0.2) is 46.8 Å². The van der Waals surface area contributed by atoms with Crippen molar-refractivity contribution >= 4 is 29.3 Å². The van der Waals surface area contributed by atoms with Crippen LogP contribution in [0.4, 0.5) is 5.69 Å². The molecule has 1 aliphatic heterocycles. The van der Waals surface area contributed by atoms with Gasteiger partial charge in [0.1, 0.15) is 5.75 Å². The lowest BCUT2D eigenvalue weighted by Crippen LogP contribution is -2.50. The topological polar surface area (TPSA) is 76.5 Å². The minimum atomic E-state index is -0.711. The number of nitrogens with one attached hydrogen (secondary N) is 1. The standard InChI is InChI=1S/C18H20N4O3S/c1-19-17(24)15-10-22(13-4-2-3-5-14(13)25-15)16(23)11-26-18-20-8-9-21(18)12-6-7-12/h2-5,8-9,12,15H,6-7,10-11H2,1H3,(H,19,24)/t15-/m1/s1. The van der Waals surface area contributed by atoms with E-state index in [2.05, 4.69) is 14.9 Å². The van der Waals surface area contributed by atoms with Gasteiger partial charge in [0.25, 0.3) is 5.91 Å². The van der Waals surface area contributed by atoms with Crippen LogP contribution in [0.25, 0.3) is 0 Å². The number of nitrogens with zero attached hydrogens (tertiary/aromatic N) is 3. The molecule has 0 unspecified atom stereocenters. The van der Waals surface area contributed by atoms with Gasteiger partial charge in [-0.2, -0.15) is 0 Å². The van der Waals surface area contributed by atoms with E-state index in [9.17, 15) is 9.59 Å². The molecule has 2 heterocycles. The molecule has 1 aliphatic carbocycles. The minimum absolute atomic E-state index is 0.0648. The van der Waals surface area contributed by atoms with Gasteiger partial charge in [-0.1, -0.05) is 23.9 Å². The summed E-state index contributed by atoms with van der Waals surface area (Å²) in [5.41, 5.74) is 0.698. The van der Waals surface area contributed by atoms with Gasteiger partial charge >= 0.3 is 0 Å². The minimum Gasteiger partial charge on any atom is -0.477 e. The van der Waals surface area contributed by atoms with Crippen molar-refractivity contribution in [3.63, 3.8) is 0 Å². The quantitative estimate of drug-likeness (QED) is 0.811. The van der Waals surface area contributed by atoms with Crippen molar-refractivity contribution in [2.45, 2.75) is 30.1 Å². The number of ether oxygens (including phenoxy) is 1. The number of rotatable bonds is 5. The first-order valence-electron chi connectivity index (χ1n) is 8.60. The fourth-order valence-corrected chi connectivity index (χ4v) is 3.92. The van der Waals surface area contributed by atoms with Gasteiger partial charge in [0.15, 0.2) is 11.3 Å². The zero-order valence-corrected chi connectivity index (χ0v) is 15.2. The second kappa shape index (κ2) is 7.03. The Morgan fingerprint density at radius 2 is 2.15 bits per heavy atom. The molecule has 0 bridgehead atoms. The molecule has 26 heavy (non-hydrogen) atoms. The summed E-state index contributed by atoms with van der Waals surface area (Å²) in [4.78, 5) is 30.9. The van der Waals surface area contributed by atoms with Crippen LogP contribution in [0.5, 0.6) is 5.75 Å². The number of hydrogen-bond donors (Lipinski definition) is 1. The lowest BCUT2D eigenvalue weighted by molar-refractivity contribution is -0.127. The molecule has 1 aromatic carbocycles. The summed E-state index contributed by atoms with van der Waals surface area (Å²) in [6.07, 6.45) is 5.37. The predicted molar refractivity (Wildman–Crippen MR) is 98.5 cm³/mol. The first-order chi connectivity index (χ1) is 12.7. The van der Waals surface area contributed by atoms with Gasteiger partial charge in [0.05, 0.1) is 18.0 Å². The van der Waals surface area contributed by atoms with Crippen molar-refractivity contribution in [3.05, 3.63) is 36.7 Å². The number of hydrogen-bond acceptors (Lipinski definition) is 5. The molecule has 0 saturated heterocycles. The highest BCUT2D eigenvalue weighted by molar-refractivity contribution is 7.99. The van der Waals surface area contributed by atoms with Crippen LogP contribution in [0.1, 0.15) is 18.9 Å². The molecule has 1 N–H and O–H groups in total. The summed E-state index contributed by atoms with van der Waals surface area (Å²) >= 11 is 1.43. The number of amides is 2. The number of aromatic nitrogens is 2. The van der Waals surface area contributed by atoms with Crippen LogP contribution < -0.4 is 15.0 Å². The molecule has 4 rings (SSSR count). The summed E-state index contributed by atoms with van der Waals surface area (Å²) in [6, 6.07) is 7.82. The van der Waals surface area contributed by atoms with Gasteiger partial charge < -0.3 is 19.5 Å². The molecule has 7 nitrogen and oxygen atoms in total. The summed E-state index contributed by atoms with van der Waals surface area (Å²) in [5.74, 6) is 0.503. The number of benzene rings is 1. The van der Waals surface area contributed by atoms with E-state index in [1.165, 1.54) is 24.6 Å². The van der Waals surface area contributed by atoms with Crippen molar-refractivity contribution < 1.29 is 14.3 Å². The molecule has 136 valence electrons. The van der Waals surface area contributed by atoms with Crippen molar-refractivity contribution in [1.29, 1.82) is 0 Å².